The molecule has 3 rings (SSSR count). The molecule has 0 saturated heterocycles. The average molecular weight is 189 g/mol. The van der Waals surface area contributed by atoms with Crippen molar-refractivity contribution >= 4 is 30.0 Å². The van der Waals surface area contributed by atoms with Crippen LogP contribution in [0.5, 0.6) is 0 Å². The summed E-state index contributed by atoms with van der Waals surface area (Å²) in [7, 11) is 0. The Morgan fingerprint density at radius 3 is 1.33 bits per heavy atom. The molecule has 3 aromatic rings. The maximum Gasteiger partial charge on any atom is 0 e. The van der Waals surface area contributed by atoms with Crippen LogP contribution < -0.4 is 0 Å². The van der Waals surface area contributed by atoms with Gasteiger partial charge in [0.25, 0.3) is 0 Å². The lowest BCUT2D eigenvalue weighted by Gasteiger charge is -2.02. The fourth-order valence-electron chi connectivity index (χ4n) is 1.95. The molecule has 0 nitrogen and oxygen atoms in total. The monoisotopic (exact) mass is 189 g/mol. The van der Waals surface area contributed by atoms with Crippen LogP contribution >= 0.6 is 0 Å². The van der Waals surface area contributed by atoms with Crippen LogP contribution in [-0.4, -0.2) is 8.41 Å². The van der Waals surface area contributed by atoms with Gasteiger partial charge >= 0.3 is 0 Å². The van der Waals surface area contributed by atoms with Crippen LogP contribution in [0.3, 0.4) is 0 Å². The highest BCUT2D eigenvalue weighted by atomic mass is 14.0. The predicted molar refractivity (Wildman–Crippen MR) is 67.2 cm³/mol. The van der Waals surface area contributed by atoms with Crippen LogP contribution in [0.2, 0.25) is 0 Å². The standard InChI is InChI=1S/C14H10.B/c1-3-7-13-11(5-1)9-10-12-6-2-4-8-14(12)13;/h1-10H;. The van der Waals surface area contributed by atoms with E-state index < -0.39 is 0 Å². The Bertz CT molecular complexity index is 544. The molecule has 1 heteroatoms. The van der Waals surface area contributed by atoms with E-state index in [4.69, 9.17) is 0 Å². The Hall–Kier alpha value is -1.76. The van der Waals surface area contributed by atoms with E-state index in [9.17, 15) is 0 Å². The second-order valence-electron chi connectivity index (χ2n) is 3.51. The van der Waals surface area contributed by atoms with Crippen LogP contribution in [0.4, 0.5) is 0 Å². The largest absolute Gasteiger partial charge is 0.0616 e. The summed E-state index contributed by atoms with van der Waals surface area (Å²) in [4.78, 5) is 0. The molecule has 0 heterocycles. The van der Waals surface area contributed by atoms with Crippen LogP contribution in [0.1, 0.15) is 0 Å². The molecule has 0 aliphatic rings. The molecule has 15 heavy (non-hydrogen) atoms. The van der Waals surface area contributed by atoms with Crippen molar-refractivity contribution in [2.75, 3.05) is 0 Å². The minimum atomic E-state index is 0. The molecule has 0 aliphatic carbocycles. The molecule has 3 aromatic carbocycles. The summed E-state index contributed by atoms with van der Waals surface area (Å²) in [5, 5.41) is 5.30. The van der Waals surface area contributed by atoms with Gasteiger partial charge in [-0.2, -0.15) is 0 Å². The van der Waals surface area contributed by atoms with Gasteiger partial charge in [-0.25, -0.2) is 0 Å². The lowest BCUT2D eigenvalue weighted by atomic mass is 10.0. The second-order valence-corrected chi connectivity index (χ2v) is 3.51. The van der Waals surface area contributed by atoms with Crippen LogP contribution in [0.15, 0.2) is 60.7 Å². The normalized spacial score (nSPS) is 10.1. The van der Waals surface area contributed by atoms with Crippen LogP contribution in [0.25, 0.3) is 21.5 Å². The third-order valence-corrected chi connectivity index (χ3v) is 2.65. The topological polar surface area (TPSA) is 0 Å². The third kappa shape index (κ3) is 1.50. The first-order valence-electron chi connectivity index (χ1n) is 4.82. The van der Waals surface area contributed by atoms with Gasteiger partial charge in [-0.15, -0.1) is 0 Å². The zero-order valence-electron chi connectivity index (χ0n) is 8.35. The third-order valence-electron chi connectivity index (χ3n) is 2.65. The SMILES string of the molecule is [B].c1ccc2c(c1)ccc1ccccc12. The minimum Gasteiger partial charge on any atom is -0.0616 e. The van der Waals surface area contributed by atoms with Gasteiger partial charge in [0.05, 0.1) is 0 Å². The van der Waals surface area contributed by atoms with Crippen molar-refractivity contribution in [3.8, 4) is 0 Å². The van der Waals surface area contributed by atoms with Crippen molar-refractivity contribution in [3.63, 3.8) is 0 Å². The fourth-order valence-corrected chi connectivity index (χ4v) is 1.95. The second kappa shape index (κ2) is 3.78. The molecule has 0 saturated carbocycles. The van der Waals surface area contributed by atoms with Crippen molar-refractivity contribution in [1.82, 2.24) is 0 Å². The van der Waals surface area contributed by atoms with Crippen molar-refractivity contribution in [3.05, 3.63) is 60.7 Å². The number of fused-ring (bicyclic) bond motifs is 3. The summed E-state index contributed by atoms with van der Waals surface area (Å²) in [5.41, 5.74) is 0. The average Bonchev–Trinajstić information content (AvgIpc) is 2.29. The molecular formula is C14H10B. The van der Waals surface area contributed by atoms with Gasteiger partial charge in [0.2, 0.25) is 0 Å². The van der Waals surface area contributed by atoms with Gasteiger partial charge < -0.3 is 0 Å². The first-order valence-corrected chi connectivity index (χ1v) is 4.82. The lowest BCUT2D eigenvalue weighted by molar-refractivity contribution is 1.76. The van der Waals surface area contributed by atoms with Crippen LogP contribution in [0, 0.1) is 0 Å². The highest BCUT2D eigenvalue weighted by Crippen LogP contribution is 2.24. The van der Waals surface area contributed by atoms with E-state index in [-0.39, 0.29) is 8.41 Å². The zero-order chi connectivity index (χ0) is 9.38. The molecule has 0 atom stereocenters. The smallest absolute Gasteiger partial charge is 0 e. The first kappa shape index (κ1) is 9.79. The molecule has 0 bridgehead atoms. The van der Waals surface area contributed by atoms with Gasteiger partial charge in [0, 0.05) is 8.41 Å². The van der Waals surface area contributed by atoms with E-state index in [0.29, 0.717) is 0 Å². The number of rotatable bonds is 0. The molecule has 0 amide bonds. The summed E-state index contributed by atoms with van der Waals surface area (Å²) in [6.07, 6.45) is 0. The van der Waals surface area contributed by atoms with Gasteiger partial charge in [-0.05, 0) is 21.5 Å². The summed E-state index contributed by atoms with van der Waals surface area (Å²) < 4.78 is 0. The Kier molecular flexibility index (Phi) is 2.46. The summed E-state index contributed by atoms with van der Waals surface area (Å²) in [6.45, 7) is 0. The van der Waals surface area contributed by atoms with Gasteiger partial charge in [-0.3, -0.25) is 0 Å². The molecular weight excluding hydrogens is 179 g/mol. The molecule has 69 valence electrons. The molecule has 0 aliphatic heterocycles. The Morgan fingerprint density at radius 2 is 0.867 bits per heavy atom. The Morgan fingerprint density at radius 1 is 0.467 bits per heavy atom. The lowest BCUT2D eigenvalue weighted by Crippen LogP contribution is -1.75. The van der Waals surface area contributed by atoms with E-state index in [1.807, 2.05) is 0 Å². The van der Waals surface area contributed by atoms with Gasteiger partial charge in [0.15, 0.2) is 0 Å². The van der Waals surface area contributed by atoms with E-state index in [1.165, 1.54) is 21.5 Å². The number of hydrogen-bond donors (Lipinski definition) is 0. The highest BCUT2D eigenvalue weighted by molar-refractivity contribution is 6.07. The van der Waals surface area contributed by atoms with Gasteiger partial charge in [0.1, 0.15) is 0 Å². The molecule has 0 N–H and O–H groups in total. The van der Waals surface area contributed by atoms with E-state index in [2.05, 4.69) is 60.7 Å². The molecule has 0 aromatic heterocycles. The molecule has 3 radical (unpaired) electrons. The van der Waals surface area contributed by atoms with Crippen molar-refractivity contribution in [2.45, 2.75) is 0 Å². The molecule has 0 fully saturated rings. The zero-order valence-corrected chi connectivity index (χ0v) is 8.35. The Labute approximate surface area is 91.1 Å². The van der Waals surface area contributed by atoms with E-state index in [1.54, 1.807) is 0 Å². The summed E-state index contributed by atoms with van der Waals surface area (Å²) in [6, 6.07) is 21.4. The van der Waals surface area contributed by atoms with Gasteiger partial charge in [-0.1, -0.05) is 60.7 Å². The van der Waals surface area contributed by atoms with Crippen LogP contribution in [-0.2, 0) is 0 Å². The Balaban J connectivity index is 0.000000853. The quantitative estimate of drug-likeness (QED) is 0.374. The van der Waals surface area contributed by atoms with Crippen molar-refractivity contribution in [1.29, 1.82) is 0 Å². The maximum atomic E-state index is 2.18. The number of hydrogen-bond acceptors (Lipinski definition) is 0. The maximum absolute atomic E-state index is 2.18. The predicted octanol–water partition coefficient (Wildman–Crippen LogP) is 3.61. The van der Waals surface area contributed by atoms with E-state index in [0.717, 1.165) is 0 Å². The van der Waals surface area contributed by atoms with Crippen molar-refractivity contribution in [2.24, 2.45) is 0 Å². The minimum absolute atomic E-state index is 0. The van der Waals surface area contributed by atoms with Crippen molar-refractivity contribution < 1.29 is 0 Å². The van der Waals surface area contributed by atoms with E-state index >= 15 is 0 Å². The number of benzene rings is 3. The fraction of sp³-hybridized carbons (Fsp3) is 0. The summed E-state index contributed by atoms with van der Waals surface area (Å²) >= 11 is 0. The molecule has 0 unspecified atom stereocenters. The highest BCUT2D eigenvalue weighted by Gasteiger charge is 1.97. The summed E-state index contributed by atoms with van der Waals surface area (Å²) in [5.74, 6) is 0. The molecule has 0 spiro atoms. The first-order chi connectivity index (χ1) is 6.95.